The van der Waals surface area contributed by atoms with Crippen molar-refractivity contribution < 1.29 is 0 Å². The number of anilines is 2. The quantitative estimate of drug-likeness (QED) is 0.545. The minimum atomic E-state index is 0.500. The van der Waals surface area contributed by atoms with Crippen LogP contribution < -0.4 is 11.5 Å². The molecule has 0 saturated heterocycles. The van der Waals surface area contributed by atoms with Crippen LogP contribution in [0.2, 0.25) is 0 Å². The van der Waals surface area contributed by atoms with Gasteiger partial charge >= 0.3 is 0 Å². The van der Waals surface area contributed by atoms with Crippen LogP contribution in [0.1, 0.15) is 5.56 Å². The van der Waals surface area contributed by atoms with E-state index in [-0.39, 0.29) is 0 Å². The predicted molar refractivity (Wildman–Crippen MR) is 52.7 cm³/mol. The lowest BCUT2D eigenvalue weighted by Gasteiger charge is -2.01. The summed E-state index contributed by atoms with van der Waals surface area (Å²) in [6.45, 7) is 0. The van der Waals surface area contributed by atoms with E-state index in [1.165, 1.54) is 0 Å². The van der Waals surface area contributed by atoms with Crippen LogP contribution in [0.4, 0.5) is 11.4 Å². The molecule has 0 aromatic heterocycles. The number of nitrogens with zero attached hydrogens (tertiary/aromatic N) is 1. The van der Waals surface area contributed by atoms with Crippen LogP contribution in [-0.4, -0.2) is 0 Å². The summed E-state index contributed by atoms with van der Waals surface area (Å²) in [6, 6.07) is 5.19. The summed E-state index contributed by atoms with van der Waals surface area (Å²) in [5.41, 5.74) is 12.7. The molecule has 56 valence electrons. The molecule has 0 saturated carbocycles. The van der Waals surface area contributed by atoms with Crippen molar-refractivity contribution in [3.63, 3.8) is 0 Å². The van der Waals surface area contributed by atoms with Gasteiger partial charge in [0.05, 0.1) is 15.2 Å². The van der Waals surface area contributed by atoms with E-state index in [4.69, 9.17) is 16.7 Å². The summed E-state index contributed by atoms with van der Waals surface area (Å²) in [4.78, 5) is 0. The molecule has 11 heavy (non-hydrogen) atoms. The number of nitrogens with two attached hydrogens (primary N) is 2. The number of hydrogen-bond donors (Lipinski definition) is 2. The molecule has 1 aromatic rings. The Morgan fingerprint density at radius 2 is 1.73 bits per heavy atom. The van der Waals surface area contributed by atoms with Crippen LogP contribution in [0.3, 0.4) is 0 Å². The van der Waals surface area contributed by atoms with Gasteiger partial charge in [0.1, 0.15) is 0 Å². The van der Waals surface area contributed by atoms with Gasteiger partial charge in [-0.2, -0.15) is 5.26 Å². The fraction of sp³-hybridized carbons (Fsp3) is 0. The minimum Gasteiger partial charge on any atom is -0.398 e. The average Bonchev–Trinajstić information content (AvgIpc) is 1.99. The summed E-state index contributed by atoms with van der Waals surface area (Å²) in [5.74, 6) is 0. The molecule has 0 aliphatic carbocycles. The lowest BCUT2D eigenvalue weighted by Crippen LogP contribution is -1.96. The number of rotatable bonds is 0. The smallest absolute Gasteiger partial charge is 0.0993 e. The van der Waals surface area contributed by atoms with Crippen LogP contribution in [0, 0.1) is 14.9 Å². The van der Waals surface area contributed by atoms with Crippen molar-refractivity contribution in [3.05, 3.63) is 21.3 Å². The zero-order valence-electron chi connectivity index (χ0n) is 5.63. The van der Waals surface area contributed by atoms with Crippen molar-refractivity contribution >= 4 is 34.0 Å². The van der Waals surface area contributed by atoms with Gasteiger partial charge in [-0.25, -0.2) is 0 Å². The van der Waals surface area contributed by atoms with Gasteiger partial charge in [0.25, 0.3) is 0 Å². The van der Waals surface area contributed by atoms with E-state index in [1.807, 2.05) is 28.7 Å². The van der Waals surface area contributed by atoms with Crippen molar-refractivity contribution in [1.82, 2.24) is 0 Å². The summed E-state index contributed by atoms with van der Waals surface area (Å²) in [7, 11) is 0. The largest absolute Gasteiger partial charge is 0.398 e. The zero-order chi connectivity index (χ0) is 8.43. The topological polar surface area (TPSA) is 75.8 Å². The molecule has 1 aromatic carbocycles. The van der Waals surface area contributed by atoms with Gasteiger partial charge in [-0.05, 0) is 34.7 Å². The number of hydrogen-bond acceptors (Lipinski definition) is 3. The van der Waals surface area contributed by atoms with E-state index < -0.39 is 0 Å². The van der Waals surface area contributed by atoms with Crippen molar-refractivity contribution in [2.45, 2.75) is 0 Å². The fourth-order valence-electron chi connectivity index (χ4n) is 0.735. The maximum Gasteiger partial charge on any atom is 0.0993 e. The van der Waals surface area contributed by atoms with Gasteiger partial charge in [0, 0.05) is 11.4 Å². The summed E-state index contributed by atoms with van der Waals surface area (Å²) in [6.07, 6.45) is 0. The van der Waals surface area contributed by atoms with E-state index in [0.717, 1.165) is 3.57 Å². The predicted octanol–water partition coefficient (Wildman–Crippen LogP) is 1.33. The Hall–Kier alpha value is -0.960. The second-order valence-electron chi connectivity index (χ2n) is 2.08. The van der Waals surface area contributed by atoms with Crippen molar-refractivity contribution in [2.24, 2.45) is 0 Å². The van der Waals surface area contributed by atoms with E-state index in [0.29, 0.717) is 16.9 Å². The SMILES string of the molecule is N#Cc1cc(N)c(I)c(N)c1. The molecule has 0 bridgehead atoms. The lowest BCUT2D eigenvalue weighted by atomic mass is 10.2. The first-order valence-corrected chi connectivity index (χ1v) is 3.97. The Morgan fingerprint density at radius 3 is 2.09 bits per heavy atom. The number of nitriles is 1. The van der Waals surface area contributed by atoms with Gasteiger partial charge in [-0.15, -0.1) is 0 Å². The van der Waals surface area contributed by atoms with Crippen molar-refractivity contribution in [2.75, 3.05) is 11.5 Å². The zero-order valence-corrected chi connectivity index (χ0v) is 7.79. The Labute approximate surface area is 78.1 Å². The molecule has 0 amide bonds. The molecule has 0 aliphatic heterocycles. The van der Waals surface area contributed by atoms with Crippen molar-refractivity contribution in [1.29, 1.82) is 5.26 Å². The van der Waals surface area contributed by atoms with Crippen molar-refractivity contribution in [3.8, 4) is 6.07 Å². The molecule has 0 aliphatic rings. The van der Waals surface area contributed by atoms with Crippen LogP contribution in [0.15, 0.2) is 12.1 Å². The molecule has 0 unspecified atom stereocenters. The van der Waals surface area contributed by atoms with E-state index >= 15 is 0 Å². The molecule has 4 N–H and O–H groups in total. The summed E-state index contributed by atoms with van der Waals surface area (Å²) < 4.78 is 0.807. The fourth-order valence-corrected chi connectivity index (χ4v) is 1.05. The molecule has 0 atom stereocenters. The summed E-state index contributed by atoms with van der Waals surface area (Å²) in [5, 5.41) is 8.51. The number of halogens is 1. The van der Waals surface area contributed by atoms with Gasteiger partial charge in [0.15, 0.2) is 0 Å². The minimum absolute atomic E-state index is 0.500. The van der Waals surface area contributed by atoms with Gasteiger partial charge in [0.2, 0.25) is 0 Å². The first-order valence-electron chi connectivity index (χ1n) is 2.89. The Kier molecular flexibility index (Phi) is 2.19. The molecule has 0 spiro atoms. The van der Waals surface area contributed by atoms with E-state index in [1.54, 1.807) is 12.1 Å². The van der Waals surface area contributed by atoms with E-state index in [9.17, 15) is 0 Å². The number of nitrogen functional groups attached to an aromatic ring is 2. The molecule has 0 fully saturated rings. The van der Waals surface area contributed by atoms with Crippen LogP contribution in [-0.2, 0) is 0 Å². The third kappa shape index (κ3) is 1.54. The highest BCUT2D eigenvalue weighted by atomic mass is 127. The molecular formula is C7H6IN3. The molecule has 1 rings (SSSR count). The van der Waals surface area contributed by atoms with Gasteiger partial charge in [-0.1, -0.05) is 0 Å². The Balaban J connectivity index is 3.35. The molecule has 0 radical (unpaired) electrons. The molecular weight excluding hydrogens is 253 g/mol. The Bertz CT molecular complexity index is 304. The van der Waals surface area contributed by atoms with Crippen LogP contribution in [0.5, 0.6) is 0 Å². The standard InChI is InChI=1S/C7H6IN3/c8-7-5(10)1-4(3-9)2-6(7)11/h1-2H,10-11H2. The first kappa shape index (κ1) is 8.14. The normalized spacial score (nSPS) is 9.09. The van der Waals surface area contributed by atoms with Crippen LogP contribution in [0.25, 0.3) is 0 Å². The van der Waals surface area contributed by atoms with Gasteiger partial charge in [-0.3, -0.25) is 0 Å². The maximum atomic E-state index is 8.51. The second-order valence-corrected chi connectivity index (χ2v) is 3.16. The molecule has 0 heterocycles. The Morgan fingerprint density at radius 1 is 1.27 bits per heavy atom. The second kappa shape index (κ2) is 2.96. The third-order valence-corrected chi connectivity index (χ3v) is 2.50. The highest BCUT2D eigenvalue weighted by molar-refractivity contribution is 14.1. The monoisotopic (exact) mass is 259 g/mol. The highest BCUT2D eigenvalue weighted by Crippen LogP contribution is 2.23. The first-order chi connectivity index (χ1) is 5.15. The van der Waals surface area contributed by atoms with Crippen LogP contribution >= 0.6 is 22.6 Å². The van der Waals surface area contributed by atoms with Gasteiger partial charge < -0.3 is 11.5 Å². The molecule has 3 nitrogen and oxygen atoms in total. The summed E-state index contributed by atoms with van der Waals surface area (Å²) >= 11 is 2.04. The molecule has 4 heteroatoms. The highest BCUT2D eigenvalue weighted by Gasteiger charge is 2.01. The third-order valence-electron chi connectivity index (χ3n) is 1.26. The number of benzene rings is 1. The maximum absolute atomic E-state index is 8.51. The average molecular weight is 259 g/mol. The van der Waals surface area contributed by atoms with E-state index in [2.05, 4.69) is 0 Å². The lowest BCUT2D eigenvalue weighted by molar-refractivity contribution is 1.48.